The number of urea groups is 1. The molecule has 0 aliphatic carbocycles. The number of amides is 2. The second kappa shape index (κ2) is 18.4. The third-order valence-electron chi connectivity index (χ3n) is 6.36. The SMILES string of the molecule is CCO[Si](CCCNC(=O)Nc1ccc(C#Cc2ccc(NC(=S)Nc3cc(C(=O)O)cc(C(=O)O)c3)cc2)cc1)(OCC)OCC. The lowest BCUT2D eigenvalue weighted by Crippen LogP contribution is -2.46. The zero-order valence-electron chi connectivity index (χ0n) is 26.3. The van der Waals surface area contributed by atoms with Gasteiger partial charge in [-0.1, -0.05) is 11.8 Å². The lowest BCUT2D eigenvalue weighted by atomic mass is 10.1. The van der Waals surface area contributed by atoms with E-state index in [9.17, 15) is 24.6 Å². The first kappa shape index (κ1) is 36.7. The molecule has 12 nitrogen and oxygen atoms in total. The van der Waals surface area contributed by atoms with Gasteiger partial charge in [-0.15, -0.1) is 0 Å². The van der Waals surface area contributed by atoms with E-state index in [1.54, 1.807) is 36.4 Å². The first-order valence-electron chi connectivity index (χ1n) is 14.9. The molecule has 248 valence electrons. The van der Waals surface area contributed by atoms with Gasteiger partial charge in [-0.05, 0) is 106 Å². The predicted molar refractivity (Wildman–Crippen MR) is 186 cm³/mol. The van der Waals surface area contributed by atoms with E-state index in [0.29, 0.717) is 50.2 Å². The van der Waals surface area contributed by atoms with E-state index >= 15 is 0 Å². The smallest absolute Gasteiger partial charge is 0.478 e. The van der Waals surface area contributed by atoms with Gasteiger partial charge in [-0.25, -0.2) is 14.4 Å². The van der Waals surface area contributed by atoms with Crippen molar-refractivity contribution in [3.8, 4) is 11.8 Å². The fraction of sp³-hybridized carbons (Fsp3) is 0.273. The summed E-state index contributed by atoms with van der Waals surface area (Å²) in [5.74, 6) is 3.66. The molecule has 0 fully saturated rings. The Bertz CT molecular complexity index is 1560. The molecule has 0 saturated heterocycles. The number of hydrogen-bond donors (Lipinski definition) is 6. The molecule has 47 heavy (non-hydrogen) atoms. The Kier molecular flexibility index (Phi) is 14.3. The second-order valence-corrected chi connectivity index (χ2v) is 13.0. The second-order valence-electron chi connectivity index (χ2n) is 9.86. The highest BCUT2D eigenvalue weighted by Gasteiger charge is 2.39. The van der Waals surface area contributed by atoms with E-state index < -0.39 is 20.7 Å². The summed E-state index contributed by atoms with van der Waals surface area (Å²) in [6, 6.07) is 18.3. The highest BCUT2D eigenvalue weighted by Crippen LogP contribution is 2.19. The van der Waals surface area contributed by atoms with Crippen LogP contribution >= 0.6 is 12.2 Å². The Morgan fingerprint density at radius 1 is 0.702 bits per heavy atom. The van der Waals surface area contributed by atoms with Crippen LogP contribution < -0.4 is 21.3 Å². The van der Waals surface area contributed by atoms with Gasteiger partial charge in [0, 0.05) is 60.6 Å². The Hall–Kier alpha value is -4.78. The highest BCUT2D eigenvalue weighted by atomic mass is 32.1. The molecule has 14 heteroatoms. The third kappa shape index (κ3) is 12.2. The standard InChI is InChI=1S/C33H38N4O8SSi/c1-4-43-47(44-5-2,45-6-3)19-7-18-34-32(42)35-27-14-10-23(11-15-27)8-9-24-12-16-28(17-13-24)36-33(46)37-29-21-25(30(38)39)20-26(22-29)31(40)41/h10-17,20-22H,4-7,18-19H2,1-3H3,(H,38,39)(H,40,41)(H2,34,35,42)(H2,36,37,46). The van der Waals surface area contributed by atoms with Crippen molar-refractivity contribution in [1.82, 2.24) is 5.32 Å². The van der Waals surface area contributed by atoms with E-state index in [2.05, 4.69) is 33.1 Å². The number of anilines is 3. The zero-order chi connectivity index (χ0) is 34.2. The van der Waals surface area contributed by atoms with Crippen LogP contribution in [0.5, 0.6) is 0 Å². The number of carbonyl (C=O) groups is 3. The molecule has 0 atom stereocenters. The first-order valence-corrected chi connectivity index (χ1v) is 17.3. The summed E-state index contributed by atoms with van der Waals surface area (Å²) in [5, 5.41) is 30.1. The maximum atomic E-state index is 12.4. The Morgan fingerprint density at radius 2 is 1.15 bits per heavy atom. The number of thiocarbonyl (C=S) groups is 1. The lowest BCUT2D eigenvalue weighted by Gasteiger charge is -2.28. The van der Waals surface area contributed by atoms with Gasteiger partial charge in [0.15, 0.2) is 5.11 Å². The highest BCUT2D eigenvalue weighted by molar-refractivity contribution is 7.80. The van der Waals surface area contributed by atoms with Crippen molar-refractivity contribution in [2.45, 2.75) is 33.2 Å². The normalized spacial score (nSPS) is 10.7. The molecule has 0 spiro atoms. The molecule has 3 aromatic rings. The van der Waals surface area contributed by atoms with Crippen molar-refractivity contribution in [1.29, 1.82) is 0 Å². The van der Waals surface area contributed by atoms with Gasteiger partial charge in [-0.2, -0.15) is 0 Å². The van der Waals surface area contributed by atoms with Gasteiger partial charge >= 0.3 is 26.8 Å². The van der Waals surface area contributed by atoms with Crippen LogP contribution in [0.25, 0.3) is 0 Å². The number of aromatic carboxylic acids is 2. The summed E-state index contributed by atoms with van der Waals surface area (Å²) in [7, 11) is -2.74. The molecule has 6 N–H and O–H groups in total. The average molecular weight is 679 g/mol. The van der Waals surface area contributed by atoms with E-state index in [1.165, 1.54) is 12.1 Å². The van der Waals surface area contributed by atoms with Crippen molar-refractivity contribution in [3.05, 3.63) is 89.0 Å². The van der Waals surface area contributed by atoms with Crippen molar-refractivity contribution >= 4 is 61.2 Å². The van der Waals surface area contributed by atoms with E-state index in [4.69, 9.17) is 25.5 Å². The maximum Gasteiger partial charge on any atom is 0.500 e. The molecule has 0 saturated carbocycles. The van der Waals surface area contributed by atoms with Crippen LogP contribution in [0, 0.1) is 11.8 Å². The van der Waals surface area contributed by atoms with Crippen molar-refractivity contribution in [2.75, 3.05) is 42.3 Å². The zero-order valence-corrected chi connectivity index (χ0v) is 28.2. The van der Waals surface area contributed by atoms with Crippen LogP contribution in [0.1, 0.15) is 59.0 Å². The quantitative estimate of drug-likeness (QED) is 0.0494. The van der Waals surface area contributed by atoms with Crippen LogP contribution in [0.3, 0.4) is 0 Å². The lowest BCUT2D eigenvalue weighted by molar-refractivity contribution is 0.0689. The fourth-order valence-corrected chi connectivity index (χ4v) is 7.19. The number of carboxylic acid groups (broad SMARTS) is 2. The largest absolute Gasteiger partial charge is 0.500 e. The Morgan fingerprint density at radius 3 is 1.60 bits per heavy atom. The first-order chi connectivity index (χ1) is 22.6. The van der Waals surface area contributed by atoms with E-state index in [1.807, 2.05) is 32.9 Å². The number of hydrogen-bond acceptors (Lipinski definition) is 7. The number of benzene rings is 3. The Balaban J connectivity index is 1.48. The number of rotatable bonds is 15. The number of carboxylic acids is 2. The monoisotopic (exact) mass is 678 g/mol. The molecule has 0 heterocycles. The van der Waals surface area contributed by atoms with Crippen LogP contribution in [-0.2, 0) is 13.3 Å². The number of nitrogens with one attached hydrogen (secondary N) is 4. The van der Waals surface area contributed by atoms with Crippen LogP contribution in [0.15, 0.2) is 66.7 Å². The molecule has 0 unspecified atom stereocenters. The minimum absolute atomic E-state index is 0.151. The molecular weight excluding hydrogens is 641 g/mol. The topological polar surface area (TPSA) is 167 Å². The summed E-state index contributed by atoms with van der Waals surface area (Å²) in [6.45, 7) is 7.70. The van der Waals surface area contributed by atoms with Crippen LogP contribution in [0.4, 0.5) is 21.9 Å². The van der Waals surface area contributed by atoms with Crippen molar-refractivity contribution < 1.29 is 37.9 Å². The summed E-state index contributed by atoms with van der Waals surface area (Å²) in [5.41, 5.74) is 2.66. The van der Waals surface area contributed by atoms with Crippen molar-refractivity contribution in [2.24, 2.45) is 0 Å². The molecule has 0 aliphatic heterocycles. The van der Waals surface area contributed by atoms with E-state index in [-0.39, 0.29) is 28.0 Å². The average Bonchev–Trinajstić information content (AvgIpc) is 3.03. The third-order valence-corrected chi connectivity index (χ3v) is 9.72. The molecule has 0 aliphatic rings. The molecule has 0 bridgehead atoms. The van der Waals surface area contributed by atoms with Crippen LogP contribution in [0.2, 0.25) is 6.04 Å². The molecule has 0 radical (unpaired) electrons. The van der Waals surface area contributed by atoms with E-state index in [0.717, 1.165) is 17.2 Å². The van der Waals surface area contributed by atoms with Gasteiger partial charge in [-0.3, -0.25) is 0 Å². The summed E-state index contributed by atoms with van der Waals surface area (Å²) in [4.78, 5) is 35.1. The molecule has 2 amide bonds. The van der Waals surface area contributed by atoms with Gasteiger partial charge in [0.05, 0.1) is 11.1 Å². The Labute approximate surface area is 280 Å². The minimum atomic E-state index is -2.74. The summed E-state index contributed by atoms with van der Waals surface area (Å²) < 4.78 is 17.5. The molecule has 0 aromatic heterocycles. The molecular formula is C33H38N4O8SSi. The van der Waals surface area contributed by atoms with Crippen LogP contribution in [-0.4, -0.2) is 68.5 Å². The number of carbonyl (C=O) groups excluding carboxylic acids is 1. The van der Waals surface area contributed by atoms with Gasteiger partial charge in [0.25, 0.3) is 0 Å². The minimum Gasteiger partial charge on any atom is -0.478 e. The predicted octanol–water partition coefficient (Wildman–Crippen LogP) is 5.85. The molecule has 3 aromatic carbocycles. The van der Waals surface area contributed by atoms with Gasteiger partial charge in [0.1, 0.15) is 0 Å². The van der Waals surface area contributed by atoms with Gasteiger partial charge < -0.3 is 44.8 Å². The summed E-state index contributed by atoms with van der Waals surface area (Å²) in [6.07, 6.45) is 0.660. The summed E-state index contributed by atoms with van der Waals surface area (Å²) >= 11 is 5.30. The molecule has 3 rings (SSSR count). The van der Waals surface area contributed by atoms with Crippen molar-refractivity contribution in [3.63, 3.8) is 0 Å². The van der Waals surface area contributed by atoms with Gasteiger partial charge in [0.2, 0.25) is 0 Å². The maximum absolute atomic E-state index is 12.4. The fourth-order valence-electron chi connectivity index (χ4n) is 4.34.